The van der Waals surface area contributed by atoms with Gasteiger partial charge in [-0.2, -0.15) is 5.10 Å². The summed E-state index contributed by atoms with van der Waals surface area (Å²) in [6.45, 7) is 5.03. The normalized spacial score (nSPS) is 12.2. The number of amides is 1. The monoisotopic (exact) mass is 272 g/mol. The molecule has 1 aromatic carbocycles. The van der Waals surface area contributed by atoms with Crippen molar-refractivity contribution in [2.45, 2.75) is 19.9 Å². The number of hydrogen-bond acceptors (Lipinski definition) is 3. The molecule has 20 heavy (non-hydrogen) atoms. The molecular weight excluding hydrogens is 252 g/mol. The molecule has 0 spiro atoms. The van der Waals surface area contributed by atoms with Crippen LogP contribution in [0, 0.1) is 0 Å². The second kappa shape index (κ2) is 6.34. The molecule has 1 aromatic heterocycles. The third-order valence-electron chi connectivity index (χ3n) is 3.15. The number of anilines is 1. The van der Waals surface area contributed by atoms with Gasteiger partial charge in [-0.05, 0) is 25.1 Å². The lowest BCUT2D eigenvalue weighted by Crippen LogP contribution is -2.20. The molecule has 0 aliphatic rings. The van der Waals surface area contributed by atoms with Gasteiger partial charge in [-0.1, -0.05) is 25.1 Å². The Morgan fingerprint density at radius 3 is 2.80 bits per heavy atom. The predicted octanol–water partition coefficient (Wildman–Crippen LogP) is 2.34. The Kier molecular flexibility index (Phi) is 4.53. The maximum atomic E-state index is 12.2. The minimum atomic E-state index is -0.144. The van der Waals surface area contributed by atoms with Gasteiger partial charge in [-0.3, -0.25) is 9.48 Å². The largest absolute Gasteiger partial charge is 0.322 e. The van der Waals surface area contributed by atoms with Crippen molar-refractivity contribution in [1.82, 2.24) is 15.1 Å². The van der Waals surface area contributed by atoms with Crippen molar-refractivity contribution in [3.05, 3.63) is 47.8 Å². The number of benzene rings is 1. The van der Waals surface area contributed by atoms with E-state index in [-0.39, 0.29) is 11.9 Å². The number of carbonyl (C=O) groups excluding carboxylic acids is 1. The summed E-state index contributed by atoms with van der Waals surface area (Å²) in [5, 5.41) is 10.3. The Morgan fingerprint density at radius 2 is 2.15 bits per heavy atom. The van der Waals surface area contributed by atoms with Crippen LogP contribution in [0.4, 0.5) is 5.69 Å². The van der Waals surface area contributed by atoms with E-state index < -0.39 is 0 Å². The highest BCUT2D eigenvalue weighted by Gasteiger charge is 2.13. The molecule has 1 unspecified atom stereocenters. The predicted molar refractivity (Wildman–Crippen MR) is 79.7 cm³/mol. The van der Waals surface area contributed by atoms with Gasteiger partial charge in [0.1, 0.15) is 0 Å². The zero-order valence-electron chi connectivity index (χ0n) is 12.1. The van der Waals surface area contributed by atoms with Crippen LogP contribution in [0.5, 0.6) is 0 Å². The Balaban J connectivity index is 2.19. The highest BCUT2D eigenvalue weighted by atomic mass is 16.1. The Bertz CT molecular complexity index is 591. The van der Waals surface area contributed by atoms with Gasteiger partial charge in [0.2, 0.25) is 0 Å². The highest BCUT2D eigenvalue weighted by molar-refractivity contribution is 6.04. The molecule has 106 valence electrons. The molecule has 0 radical (unpaired) electrons. The Morgan fingerprint density at radius 1 is 1.40 bits per heavy atom. The van der Waals surface area contributed by atoms with Crippen LogP contribution in [-0.2, 0) is 7.05 Å². The molecule has 2 rings (SSSR count). The summed E-state index contributed by atoms with van der Waals surface area (Å²) < 4.78 is 1.61. The number of aromatic nitrogens is 2. The van der Waals surface area contributed by atoms with Crippen LogP contribution in [0.2, 0.25) is 0 Å². The quantitative estimate of drug-likeness (QED) is 0.878. The maximum Gasteiger partial charge on any atom is 0.258 e. The van der Waals surface area contributed by atoms with E-state index in [1.807, 2.05) is 24.3 Å². The average Bonchev–Trinajstić information content (AvgIpc) is 2.86. The van der Waals surface area contributed by atoms with Crippen LogP contribution in [0.25, 0.3) is 0 Å². The van der Waals surface area contributed by atoms with Crippen molar-refractivity contribution in [1.29, 1.82) is 0 Å². The van der Waals surface area contributed by atoms with Crippen LogP contribution in [0.1, 0.15) is 35.8 Å². The van der Waals surface area contributed by atoms with Crippen LogP contribution in [0.3, 0.4) is 0 Å². The highest BCUT2D eigenvalue weighted by Crippen LogP contribution is 2.22. The van der Waals surface area contributed by atoms with Crippen LogP contribution >= 0.6 is 0 Å². The molecule has 5 nitrogen and oxygen atoms in total. The van der Waals surface area contributed by atoms with E-state index in [1.54, 1.807) is 24.1 Å². The molecule has 1 amide bonds. The van der Waals surface area contributed by atoms with Crippen molar-refractivity contribution < 1.29 is 4.79 Å². The summed E-state index contributed by atoms with van der Waals surface area (Å²) in [6.07, 6.45) is 3.26. The summed E-state index contributed by atoms with van der Waals surface area (Å²) >= 11 is 0. The molecule has 0 aliphatic heterocycles. The minimum Gasteiger partial charge on any atom is -0.322 e. The van der Waals surface area contributed by atoms with E-state index in [0.29, 0.717) is 5.56 Å². The van der Waals surface area contributed by atoms with Crippen molar-refractivity contribution >= 4 is 11.6 Å². The molecule has 0 aliphatic carbocycles. The number of nitrogens with one attached hydrogen (secondary N) is 2. The second-order valence-corrected chi connectivity index (χ2v) is 4.72. The third kappa shape index (κ3) is 3.24. The smallest absolute Gasteiger partial charge is 0.258 e. The van der Waals surface area contributed by atoms with Gasteiger partial charge in [0.25, 0.3) is 5.91 Å². The van der Waals surface area contributed by atoms with Gasteiger partial charge in [0.15, 0.2) is 0 Å². The van der Waals surface area contributed by atoms with E-state index in [2.05, 4.69) is 29.6 Å². The van der Waals surface area contributed by atoms with Gasteiger partial charge in [-0.15, -0.1) is 0 Å². The SMILES string of the molecule is CCNC(C)c1ccccc1NC(=O)c1cnn(C)c1. The number of para-hydroxylation sites is 1. The van der Waals surface area contributed by atoms with Crippen LogP contribution < -0.4 is 10.6 Å². The van der Waals surface area contributed by atoms with Crippen LogP contribution in [-0.4, -0.2) is 22.2 Å². The molecular formula is C15H20N4O. The lowest BCUT2D eigenvalue weighted by molar-refractivity contribution is 0.102. The van der Waals surface area contributed by atoms with Gasteiger partial charge < -0.3 is 10.6 Å². The van der Waals surface area contributed by atoms with Gasteiger partial charge in [-0.25, -0.2) is 0 Å². The first-order chi connectivity index (χ1) is 9.61. The van der Waals surface area contributed by atoms with Gasteiger partial charge in [0, 0.05) is 25.0 Å². The van der Waals surface area contributed by atoms with Crippen molar-refractivity contribution in [2.75, 3.05) is 11.9 Å². The average molecular weight is 272 g/mol. The number of hydrogen-bond donors (Lipinski definition) is 2. The molecule has 5 heteroatoms. The summed E-state index contributed by atoms with van der Waals surface area (Å²) in [7, 11) is 1.79. The topological polar surface area (TPSA) is 58.9 Å². The van der Waals surface area contributed by atoms with Crippen molar-refractivity contribution in [2.24, 2.45) is 7.05 Å². The summed E-state index contributed by atoms with van der Waals surface area (Å²) in [5.74, 6) is -0.144. The first-order valence-corrected chi connectivity index (χ1v) is 6.74. The standard InChI is InChI=1S/C15H20N4O/c1-4-16-11(2)13-7-5-6-8-14(13)18-15(20)12-9-17-19(3)10-12/h5-11,16H,4H2,1-3H3,(H,18,20). The first-order valence-electron chi connectivity index (χ1n) is 6.74. The number of rotatable bonds is 5. The van der Waals surface area contributed by atoms with Crippen molar-refractivity contribution in [3.63, 3.8) is 0 Å². The van der Waals surface area contributed by atoms with Gasteiger partial charge >= 0.3 is 0 Å². The van der Waals surface area contributed by atoms with E-state index in [9.17, 15) is 4.79 Å². The summed E-state index contributed by atoms with van der Waals surface area (Å²) in [6, 6.07) is 8.01. The number of carbonyl (C=O) groups is 1. The molecule has 2 N–H and O–H groups in total. The van der Waals surface area contributed by atoms with Crippen molar-refractivity contribution in [3.8, 4) is 0 Å². The number of nitrogens with zero attached hydrogens (tertiary/aromatic N) is 2. The van der Waals surface area contributed by atoms with E-state index in [4.69, 9.17) is 0 Å². The summed E-state index contributed by atoms with van der Waals surface area (Å²) in [5.41, 5.74) is 2.46. The molecule has 0 fully saturated rings. The van der Waals surface area contributed by atoms with Gasteiger partial charge in [0.05, 0.1) is 11.8 Å². The van der Waals surface area contributed by atoms with Crippen LogP contribution in [0.15, 0.2) is 36.7 Å². The molecule has 2 aromatic rings. The molecule has 0 saturated heterocycles. The molecule has 1 heterocycles. The maximum absolute atomic E-state index is 12.2. The zero-order chi connectivity index (χ0) is 14.5. The first kappa shape index (κ1) is 14.3. The zero-order valence-corrected chi connectivity index (χ0v) is 12.1. The fraction of sp³-hybridized carbons (Fsp3) is 0.333. The fourth-order valence-corrected chi connectivity index (χ4v) is 2.14. The second-order valence-electron chi connectivity index (χ2n) is 4.72. The lowest BCUT2D eigenvalue weighted by atomic mass is 10.1. The molecule has 0 bridgehead atoms. The Hall–Kier alpha value is -2.14. The lowest BCUT2D eigenvalue weighted by Gasteiger charge is -2.17. The molecule has 0 saturated carbocycles. The van der Waals surface area contributed by atoms with E-state index in [1.165, 1.54) is 0 Å². The van der Waals surface area contributed by atoms with E-state index in [0.717, 1.165) is 17.8 Å². The molecule has 1 atom stereocenters. The minimum absolute atomic E-state index is 0.144. The van der Waals surface area contributed by atoms with E-state index >= 15 is 0 Å². The third-order valence-corrected chi connectivity index (χ3v) is 3.15. The Labute approximate surface area is 119 Å². The summed E-state index contributed by atoms with van der Waals surface area (Å²) in [4.78, 5) is 12.2. The number of aryl methyl sites for hydroxylation is 1. The fourth-order valence-electron chi connectivity index (χ4n) is 2.14.